The highest BCUT2D eigenvalue weighted by molar-refractivity contribution is 5.05. The van der Waals surface area contributed by atoms with Gasteiger partial charge in [0.2, 0.25) is 0 Å². The SMILES string of the molecule is C[C@@H]1CN(Cc2nnc3n2CCCC3)C[C@H](c2nc(C3CC3)no2)O1. The first-order chi connectivity index (χ1) is 12.3. The zero-order valence-electron chi connectivity index (χ0n) is 14.6. The molecule has 0 amide bonds. The second-order valence-electron chi connectivity index (χ2n) is 7.54. The summed E-state index contributed by atoms with van der Waals surface area (Å²) in [5.74, 6) is 4.14. The van der Waals surface area contributed by atoms with E-state index >= 15 is 0 Å². The first-order valence-corrected chi connectivity index (χ1v) is 9.38. The van der Waals surface area contributed by atoms with Crippen molar-refractivity contribution in [3.63, 3.8) is 0 Å². The number of ether oxygens (including phenoxy) is 1. The Kier molecular flexibility index (Phi) is 3.82. The van der Waals surface area contributed by atoms with Gasteiger partial charge in [0.15, 0.2) is 5.82 Å². The Hall–Kier alpha value is -1.80. The summed E-state index contributed by atoms with van der Waals surface area (Å²) in [5.41, 5.74) is 0. The molecule has 3 aliphatic rings. The molecule has 25 heavy (non-hydrogen) atoms. The van der Waals surface area contributed by atoms with Crippen LogP contribution in [0.1, 0.15) is 68.0 Å². The van der Waals surface area contributed by atoms with E-state index in [4.69, 9.17) is 9.26 Å². The predicted octanol–water partition coefficient (Wildman–Crippen LogP) is 1.84. The van der Waals surface area contributed by atoms with Crippen molar-refractivity contribution < 1.29 is 9.26 Å². The fourth-order valence-corrected chi connectivity index (χ4v) is 3.88. The van der Waals surface area contributed by atoms with E-state index in [0.717, 1.165) is 50.1 Å². The molecule has 8 heteroatoms. The fraction of sp³-hybridized carbons (Fsp3) is 0.765. The lowest BCUT2D eigenvalue weighted by atomic mass is 10.1. The molecule has 2 aliphatic heterocycles. The van der Waals surface area contributed by atoms with Crippen LogP contribution in [0, 0.1) is 0 Å². The monoisotopic (exact) mass is 344 g/mol. The van der Waals surface area contributed by atoms with E-state index in [2.05, 4.69) is 36.7 Å². The minimum Gasteiger partial charge on any atom is -0.363 e. The van der Waals surface area contributed by atoms with Gasteiger partial charge in [0, 0.05) is 32.0 Å². The normalized spacial score (nSPS) is 27.4. The van der Waals surface area contributed by atoms with Gasteiger partial charge >= 0.3 is 0 Å². The number of aromatic nitrogens is 5. The number of morpholine rings is 1. The maximum absolute atomic E-state index is 6.07. The molecule has 2 atom stereocenters. The second kappa shape index (κ2) is 6.17. The van der Waals surface area contributed by atoms with E-state index in [1.54, 1.807) is 0 Å². The second-order valence-corrected chi connectivity index (χ2v) is 7.54. The van der Waals surface area contributed by atoms with Crippen molar-refractivity contribution in [2.45, 2.75) is 70.2 Å². The third-order valence-corrected chi connectivity index (χ3v) is 5.31. The quantitative estimate of drug-likeness (QED) is 0.837. The van der Waals surface area contributed by atoms with Crippen molar-refractivity contribution in [3.05, 3.63) is 23.4 Å². The highest BCUT2D eigenvalue weighted by atomic mass is 16.5. The molecule has 0 aromatic carbocycles. The summed E-state index contributed by atoms with van der Waals surface area (Å²) in [6.07, 6.45) is 5.78. The standard InChI is InChI=1S/C17H24N6O2/c1-11-8-22(10-15-20-19-14-4-2-3-7-23(14)15)9-13(24-11)17-18-16(21-25-17)12-5-6-12/h11-13H,2-10H2,1H3/t11-,13-/m1/s1. The molecule has 134 valence electrons. The molecule has 2 aromatic rings. The molecule has 0 N–H and O–H groups in total. The summed E-state index contributed by atoms with van der Waals surface area (Å²) in [6, 6.07) is 0. The molecule has 0 bridgehead atoms. The van der Waals surface area contributed by atoms with E-state index in [-0.39, 0.29) is 12.2 Å². The maximum atomic E-state index is 6.07. The first-order valence-electron chi connectivity index (χ1n) is 9.38. The van der Waals surface area contributed by atoms with Crippen molar-refractivity contribution in [1.82, 2.24) is 29.8 Å². The van der Waals surface area contributed by atoms with Gasteiger partial charge in [0.05, 0.1) is 12.6 Å². The van der Waals surface area contributed by atoms with Crippen LogP contribution < -0.4 is 0 Å². The van der Waals surface area contributed by atoms with Crippen LogP contribution in [0.2, 0.25) is 0 Å². The number of nitrogens with zero attached hydrogens (tertiary/aromatic N) is 6. The summed E-state index contributed by atoms with van der Waals surface area (Å²) >= 11 is 0. The lowest BCUT2D eigenvalue weighted by Gasteiger charge is -2.35. The first kappa shape index (κ1) is 15.5. The molecule has 0 spiro atoms. The van der Waals surface area contributed by atoms with Crippen LogP contribution in [0.4, 0.5) is 0 Å². The molecule has 4 heterocycles. The minimum atomic E-state index is -0.160. The van der Waals surface area contributed by atoms with E-state index in [0.29, 0.717) is 11.8 Å². The van der Waals surface area contributed by atoms with Crippen LogP contribution in [0.15, 0.2) is 4.52 Å². The molecule has 1 saturated carbocycles. The molecular formula is C17H24N6O2. The Labute approximate surface area is 146 Å². The van der Waals surface area contributed by atoms with Crippen molar-refractivity contribution in [2.24, 2.45) is 0 Å². The Morgan fingerprint density at radius 3 is 2.96 bits per heavy atom. The van der Waals surface area contributed by atoms with Gasteiger partial charge in [-0.3, -0.25) is 4.90 Å². The number of aryl methyl sites for hydroxylation is 1. The van der Waals surface area contributed by atoms with E-state index < -0.39 is 0 Å². The summed E-state index contributed by atoms with van der Waals surface area (Å²) in [6.45, 7) is 5.55. The fourth-order valence-electron chi connectivity index (χ4n) is 3.88. The van der Waals surface area contributed by atoms with Crippen LogP contribution in [-0.2, 0) is 24.2 Å². The van der Waals surface area contributed by atoms with Gasteiger partial charge in [0.1, 0.15) is 17.8 Å². The third kappa shape index (κ3) is 3.08. The molecule has 0 unspecified atom stereocenters. The zero-order valence-corrected chi connectivity index (χ0v) is 14.6. The highest BCUT2D eigenvalue weighted by Gasteiger charge is 2.34. The Bertz CT molecular complexity index is 752. The summed E-state index contributed by atoms with van der Waals surface area (Å²) in [4.78, 5) is 6.94. The van der Waals surface area contributed by atoms with Gasteiger partial charge in [-0.1, -0.05) is 5.16 Å². The van der Waals surface area contributed by atoms with E-state index in [9.17, 15) is 0 Å². The summed E-state index contributed by atoms with van der Waals surface area (Å²) in [7, 11) is 0. The van der Waals surface area contributed by atoms with Crippen LogP contribution >= 0.6 is 0 Å². The van der Waals surface area contributed by atoms with Crippen molar-refractivity contribution >= 4 is 0 Å². The number of hydrogen-bond acceptors (Lipinski definition) is 7. The van der Waals surface area contributed by atoms with Crippen LogP contribution in [-0.4, -0.2) is 49.0 Å². The third-order valence-electron chi connectivity index (χ3n) is 5.31. The zero-order chi connectivity index (χ0) is 16.8. The van der Waals surface area contributed by atoms with Gasteiger partial charge in [-0.15, -0.1) is 10.2 Å². The predicted molar refractivity (Wildman–Crippen MR) is 87.8 cm³/mol. The highest BCUT2D eigenvalue weighted by Crippen LogP contribution is 2.39. The van der Waals surface area contributed by atoms with E-state index in [1.807, 2.05) is 0 Å². The topological polar surface area (TPSA) is 82.1 Å². The molecule has 2 aromatic heterocycles. The van der Waals surface area contributed by atoms with Gasteiger partial charge < -0.3 is 13.8 Å². The summed E-state index contributed by atoms with van der Waals surface area (Å²) in [5, 5.41) is 12.9. The smallest absolute Gasteiger partial charge is 0.257 e. The molecule has 2 fully saturated rings. The van der Waals surface area contributed by atoms with Gasteiger partial charge in [-0.05, 0) is 32.6 Å². The Morgan fingerprint density at radius 1 is 1.16 bits per heavy atom. The molecule has 0 radical (unpaired) electrons. The number of rotatable bonds is 4. The Balaban J connectivity index is 1.30. The van der Waals surface area contributed by atoms with Crippen LogP contribution in [0.5, 0.6) is 0 Å². The number of hydrogen-bond donors (Lipinski definition) is 0. The average molecular weight is 344 g/mol. The van der Waals surface area contributed by atoms with Crippen molar-refractivity contribution in [3.8, 4) is 0 Å². The molecule has 5 rings (SSSR count). The lowest BCUT2D eigenvalue weighted by Crippen LogP contribution is -2.43. The maximum Gasteiger partial charge on any atom is 0.257 e. The Morgan fingerprint density at radius 2 is 2.08 bits per heavy atom. The van der Waals surface area contributed by atoms with Gasteiger partial charge in [0.25, 0.3) is 5.89 Å². The van der Waals surface area contributed by atoms with Crippen LogP contribution in [0.25, 0.3) is 0 Å². The molecular weight excluding hydrogens is 320 g/mol. The largest absolute Gasteiger partial charge is 0.363 e. The van der Waals surface area contributed by atoms with Crippen LogP contribution in [0.3, 0.4) is 0 Å². The molecule has 1 aliphatic carbocycles. The summed E-state index contributed by atoms with van der Waals surface area (Å²) < 4.78 is 13.8. The average Bonchev–Trinajstić information content (AvgIpc) is 3.21. The molecule has 8 nitrogen and oxygen atoms in total. The van der Waals surface area contributed by atoms with Crippen molar-refractivity contribution in [1.29, 1.82) is 0 Å². The van der Waals surface area contributed by atoms with Gasteiger partial charge in [-0.2, -0.15) is 4.98 Å². The lowest BCUT2D eigenvalue weighted by molar-refractivity contribution is -0.0938. The number of fused-ring (bicyclic) bond motifs is 1. The molecule has 1 saturated heterocycles. The van der Waals surface area contributed by atoms with Crippen molar-refractivity contribution in [2.75, 3.05) is 13.1 Å². The van der Waals surface area contributed by atoms with E-state index in [1.165, 1.54) is 25.7 Å². The van der Waals surface area contributed by atoms with Gasteiger partial charge in [-0.25, -0.2) is 0 Å². The minimum absolute atomic E-state index is 0.124.